The minimum Gasteiger partial charge on any atom is -0.292 e. The SMILES string of the molecule is CCN1C(=O)N(CCc2ccccc2)S(=O)(=O)c2cscc21. The highest BCUT2D eigenvalue weighted by Crippen LogP contribution is 2.36. The summed E-state index contributed by atoms with van der Waals surface area (Å²) in [6.07, 6.45) is 0.503. The average molecular weight is 336 g/mol. The lowest BCUT2D eigenvalue weighted by Crippen LogP contribution is -2.50. The molecule has 116 valence electrons. The van der Waals surface area contributed by atoms with Crippen LogP contribution in [0.15, 0.2) is 46.0 Å². The molecular formula is C15H16N2O3S2. The van der Waals surface area contributed by atoms with Crippen molar-refractivity contribution in [3.05, 3.63) is 46.7 Å². The molecule has 0 fully saturated rings. The zero-order valence-electron chi connectivity index (χ0n) is 12.1. The highest BCUT2D eigenvalue weighted by molar-refractivity contribution is 7.90. The summed E-state index contributed by atoms with van der Waals surface area (Å²) >= 11 is 1.30. The molecule has 0 aliphatic carbocycles. The first-order valence-corrected chi connectivity index (χ1v) is 9.38. The lowest BCUT2D eigenvalue weighted by atomic mass is 10.1. The predicted molar refractivity (Wildman–Crippen MR) is 86.8 cm³/mol. The van der Waals surface area contributed by atoms with Crippen LogP contribution < -0.4 is 4.90 Å². The number of sulfonamides is 1. The number of carbonyl (C=O) groups is 1. The monoisotopic (exact) mass is 336 g/mol. The molecule has 7 heteroatoms. The Labute approximate surface area is 133 Å². The van der Waals surface area contributed by atoms with Gasteiger partial charge in [-0.05, 0) is 18.9 Å². The number of carbonyl (C=O) groups excluding carboxylic acids is 1. The van der Waals surface area contributed by atoms with Crippen LogP contribution in [0.4, 0.5) is 10.5 Å². The third kappa shape index (κ3) is 2.40. The number of thiophene rings is 1. The van der Waals surface area contributed by atoms with E-state index in [1.807, 2.05) is 37.3 Å². The molecule has 0 spiro atoms. The number of hydrogen-bond donors (Lipinski definition) is 0. The van der Waals surface area contributed by atoms with Crippen LogP contribution in [0.3, 0.4) is 0 Å². The van der Waals surface area contributed by atoms with Gasteiger partial charge in [0.2, 0.25) is 0 Å². The smallest absolute Gasteiger partial charge is 0.292 e. The van der Waals surface area contributed by atoms with Crippen molar-refractivity contribution in [1.29, 1.82) is 0 Å². The molecule has 0 unspecified atom stereocenters. The van der Waals surface area contributed by atoms with Crippen LogP contribution >= 0.6 is 11.3 Å². The van der Waals surface area contributed by atoms with Crippen LogP contribution in [-0.2, 0) is 16.4 Å². The normalized spacial score (nSPS) is 16.7. The Kier molecular flexibility index (Phi) is 3.92. The first-order valence-electron chi connectivity index (χ1n) is 7.00. The summed E-state index contributed by atoms with van der Waals surface area (Å²) in [5.74, 6) is 0. The first-order chi connectivity index (χ1) is 10.6. The molecule has 0 saturated heterocycles. The lowest BCUT2D eigenvalue weighted by molar-refractivity contribution is 0.228. The van der Waals surface area contributed by atoms with Crippen LogP contribution in [0.2, 0.25) is 0 Å². The van der Waals surface area contributed by atoms with Gasteiger partial charge in [0.25, 0.3) is 10.0 Å². The van der Waals surface area contributed by atoms with Gasteiger partial charge in [0.15, 0.2) is 0 Å². The molecule has 1 aliphatic rings. The third-order valence-corrected chi connectivity index (χ3v) is 6.36. The Morgan fingerprint density at radius 3 is 2.55 bits per heavy atom. The molecule has 2 amide bonds. The van der Waals surface area contributed by atoms with Gasteiger partial charge in [0.05, 0.1) is 5.69 Å². The molecule has 22 heavy (non-hydrogen) atoms. The molecule has 0 radical (unpaired) electrons. The summed E-state index contributed by atoms with van der Waals surface area (Å²) in [4.78, 5) is 14.3. The van der Waals surface area contributed by atoms with E-state index >= 15 is 0 Å². The molecule has 0 N–H and O–H groups in total. The second kappa shape index (κ2) is 5.73. The van der Waals surface area contributed by atoms with E-state index in [4.69, 9.17) is 0 Å². The second-order valence-corrected chi connectivity index (χ2v) is 7.54. The summed E-state index contributed by atoms with van der Waals surface area (Å²) in [5.41, 5.74) is 1.50. The zero-order chi connectivity index (χ0) is 15.7. The van der Waals surface area contributed by atoms with Gasteiger partial charge in [-0.25, -0.2) is 17.5 Å². The minimum atomic E-state index is -3.75. The highest BCUT2D eigenvalue weighted by Gasteiger charge is 2.41. The maximum Gasteiger partial charge on any atom is 0.338 e. The van der Waals surface area contributed by atoms with Gasteiger partial charge >= 0.3 is 6.03 Å². The molecule has 5 nitrogen and oxygen atoms in total. The van der Waals surface area contributed by atoms with Crippen molar-refractivity contribution in [2.75, 3.05) is 18.0 Å². The Morgan fingerprint density at radius 2 is 1.86 bits per heavy atom. The highest BCUT2D eigenvalue weighted by atomic mass is 32.2. The summed E-state index contributed by atoms with van der Waals surface area (Å²) in [6.45, 7) is 2.43. The molecule has 0 atom stereocenters. The molecule has 1 aromatic carbocycles. The number of fused-ring (bicyclic) bond motifs is 1. The third-order valence-electron chi connectivity index (χ3n) is 3.67. The zero-order valence-corrected chi connectivity index (χ0v) is 13.7. The fourth-order valence-electron chi connectivity index (χ4n) is 2.52. The molecule has 0 bridgehead atoms. The van der Waals surface area contributed by atoms with Crippen LogP contribution in [0, 0.1) is 0 Å². The fraction of sp³-hybridized carbons (Fsp3) is 0.267. The van der Waals surface area contributed by atoms with E-state index in [2.05, 4.69) is 0 Å². The van der Waals surface area contributed by atoms with Gasteiger partial charge in [-0.1, -0.05) is 30.3 Å². The van der Waals surface area contributed by atoms with Crippen molar-refractivity contribution in [3.63, 3.8) is 0 Å². The van der Waals surface area contributed by atoms with Gasteiger partial charge < -0.3 is 0 Å². The van der Waals surface area contributed by atoms with Crippen LogP contribution in [0.5, 0.6) is 0 Å². The van der Waals surface area contributed by atoms with E-state index in [1.54, 1.807) is 10.8 Å². The van der Waals surface area contributed by atoms with Gasteiger partial charge in [-0.3, -0.25) is 4.90 Å². The largest absolute Gasteiger partial charge is 0.338 e. The molecule has 0 saturated carbocycles. The van der Waals surface area contributed by atoms with E-state index in [-0.39, 0.29) is 11.4 Å². The van der Waals surface area contributed by atoms with Crippen LogP contribution in [-0.4, -0.2) is 31.8 Å². The molecule has 1 aromatic heterocycles. The number of urea groups is 1. The maximum atomic E-state index is 12.6. The molecular weight excluding hydrogens is 320 g/mol. The second-order valence-electron chi connectivity index (χ2n) is 4.96. The summed E-state index contributed by atoms with van der Waals surface area (Å²) in [5, 5.41) is 3.30. The first kappa shape index (κ1) is 15.1. The number of benzene rings is 1. The van der Waals surface area contributed by atoms with Crippen molar-refractivity contribution in [2.45, 2.75) is 18.2 Å². The summed E-state index contributed by atoms with van der Waals surface area (Å²) in [7, 11) is -3.75. The minimum absolute atomic E-state index is 0.150. The Bertz CT molecular complexity index is 784. The standard InChI is InChI=1S/C15H16N2O3S2/c1-2-16-13-10-21-11-14(13)22(19,20)17(15(16)18)9-8-12-6-4-3-5-7-12/h3-7,10-11H,2,8-9H2,1H3. The lowest BCUT2D eigenvalue weighted by Gasteiger charge is -2.34. The van der Waals surface area contributed by atoms with Crippen molar-refractivity contribution in [3.8, 4) is 0 Å². The number of anilines is 1. The van der Waals surface area contributed by atoms with E-state index in [0.717, 1.165) is 9.87 Å². The number of nitrogens with zero attached hydrogens (tertiary/aromatic N) is 2. The molecule has 2 aromatic rings. The van der Waals surface area contributed by atoms with Gasteiger partial charge in [-0.15, -0.1) is 11.3 Å². The molecule has 3 rings (SSSR count). The Hall–Kier alpha value is -1.86. The molecule has 2 heterocycles. The average Bonchev–Trinajstić information content (AvgIpc) is 2.99. The predicted octanol–water partition coefficient (Wildman–Crippen LogP) is 2.94. The van der Waals surface area contributed by atoms with E-state index in [9.17, 15) is 13.2 Å². The van der Waals surface area contributed by atoms with Crippen molar-refractivity contribution < 1.29 is 13.2 Å². The maximum absolute atomic E-state index is 12.6. The van der Waals surface area contributed by atoms with E-state index in [1.165, 1.54) is 16.2 Å². The van der Waals surface area contributed by atoms with Crippen molar-refractivity contribution in [2.24, 2.45) is 0 Å². The van der Waals surface area contributed by atoms with Gasteiger partial charge in [-0.2, -0.15) is 0 Å². The Morgan fingerprint density at radius 1 is 1.14 bits per heavy atom. The number of amides is 2. The summed E-state index contributed by atoms with van der Waals surface area (Å²) < 4.78 is 26.3. The number of rotatable bonds is 4. The van der Waals surface area contributed by atoms with Crippen LogP contribution in [0.1, 0.15) is 12.5 Å². The quantitative estimate of drug-likeness (QED) is 0.862. The van der Waals surface area contributed by atoms with Crippen molar-refractivity contribution in [1.82, 2.24) is 4.31 Å². The van der Waals surface area contributed by atoms with E-state index < -0.39 is 16.1 Å². The topological polar surface area (TPSA) is 57.7 Å². The van der Waals surface area contributed by atoms with Gasteiger partial charge in [0.1, 0.15) is 4.90 Å². The van der Waals surface area contributed by atoms with Crippen molar-refractivity contribution >= 4 is 33.1 Å². The Balaban J connectivity index is 1.92. The molecule has 1 aliphatic heterocycles. The summed E-state index contributed by atoms with van der Waals surface area (Å²) in [6, 6.07) is 9.09. The fourth-order valence-corrected chi connectivity index (χ4v) is 5.25. The van der Waals surface area contributed by atoms with Crippen LogP contribution in [0.25, 0.3) is 0 Å². The van der Waals surface area contributed by atoms with E-state index in [0.29, 0.717) is 18.7 Å². The number of hydrogen-bond acceptors (Lipinski definition) is 4. The van der Waals surface area contributed by atoms with Gasteiger partial charge in [0, 0.05) is 23.8 Å².